The molecule has 2 N–H and O–H groups in total. The molecule has 6 nitrogen and oxygen atoms in total. The van der Waals surface area contributed by atoms with Crippen LogP contribution in [0.1, 0.15) is 26.7 Å². The highest BCUT2D eigenvalue weighted by molar-refractivity contribution is 7.13. The van der Waals surface area contributed by atoms with Gasteiger partial charge in [0.05, 0.1) is 6.54 Å². The Labute approximate surface area is 149 Å². The van der Waals surface area contributed by atoms with Crippen LogP contribution in [0.25, 0.3) is 0 Å². The Morgan fingerprint density at radius 2 is 2.00 bits per heavy atom. The van der Waals surface area contributed by atoms with E-state index in [0.717, 1.165) is 43.8 Å². The minimum Gasteiger partial charge on any atom is -0.370 e. The minimum atomic E-state index is 0.479. The van der Waals surface area contributed by atoms with Gasteiger partial charge in [0.2, 0.25) is 0 Å². The van der Waals surface area contributed by atoms with Crippen LogP contribution < -0.4 is 10.6 Å². The number of piperazine rings is 1. The van der Waals surface area contributed by atoms with Gasteiger partial charge in [-0.05, 0) is 38.8 Å². The monoisotopic (exact) mass is 350 g/mol. The lowest BCUT2D eigenvalue weighted by Crippen LogP contribution is -2.51. The molecule has 3 heterocycles. The van der Waals surface area contributed by atoms with Gasteiger partial charge in [0.1, 0.15) is 0 Å². The molecule has 2 aliphatic rings. The molecule has 2 fully saturated rings. The Balaban J connectivity index is 1.44. The highest BCUT2D eigenvalue weighted by Crippen LogP contribution is 2.19. The van der Waals surface area contributed by atoms with E-state index in [1.165, 1.54) is 25.9 Å². The van der Waals surface area contributed by atoms with Gasteiger partial charge in [-0.2, -0.15) is 0 Å². The number of aromatic nitrogens is 1. The van der Waals surface area contributed by atoms with Crippen LogP contribution >= 0.6 is 11.3 Å². The van der Waals surface area contributed by atoms with Crippen molar-refractivity contribution in [1.82, 2.24) is 14.8 Å². The van der Waals surface area contributed by atoms with Crippen LogP contribution in [0.2, 0.25) is 0 Å². The van der Waals surface area contributed by atoms with Crippen LogP contribution in [-0.2, 0) is 0 Å². The predicted octanol–water partition coefficient (Wildman–Crippen LogP) is 1.70. The first-order valence-corrected chi connectivity index (χ1v) is 9.95. The molecule has 7 heteroatoms. The quantitative estimate of drug-likeness (QED) is 0.661. The number of nitrogens with two attached hydrogens (primary N) is 1. The van der Waals surface area contributed by atoms with E-state index in [1.54, 1.807) is 11.3 Å². The maximum atomic E-state index is 6.24. The van der Waals surface area contributed by atoms with Gasteiger partial charge in [-0.15, -0.1) is 11.3 Å². The fourth-order valence-corrected chi connectivity index (χ4v) is 4.11. The molecule has 0 aromatic carbocycles. The van der Waals surface area contributed by atoms with Gasteiger partial charge in [0.25, 0.3) is 0 Å². The third kappa shape index (κ3) is 4.39. The number of likely N-dealkylation sites (tertiary alicyclic amines) is 1. The van der Waals surface area contributed by atoms with E-state index < -0.39 is 0 Å². The Kier molecular flexibility index (Phi) is 5.94. The summed E-state index contributed by atoms with van der Waals surface area (Å²) in [4.78, 5) is 16.1. The molecule has 0 saturated carbocycles. The lowest BCUT2D eigenvalue weighted by atomic mass is 9.98. The summed E-state index contributed by atoms with van der Waals surface area (Å²) in [6.07, 6.45) is 4.48. The number of hydrogen-bond donors (Lipinski definition) is 1. The summed E-state index contributed by atoms with van der Waals surface area (Å²) in [6.45, 7) is 11.6. The van der Waals surface area contributed by atoms with Crippen molar-refractivity contribution in [3.63, 3.8) is 0 Å². The number of piperidine rings is 1. The lowest BCUT2D eigenvalue weighted by Gasteiger charge is -2.36. The molecule has 1 aromatic heterocycles. The van der Waals surface area contributed by atoms with Crippen LogP contribution in [0.4, 0.5) is 5.13 Å². The van der Waals surface area contributed by atoms with E-state index in [-0.39, 0.29) is 0 Å². The first-order chi connectivity index (χ1) is 11.6. The molecule has 24 heavy (non-hydrogen) atoms. The lowest BCUT2D eigenvalue weighted by molar-refractivity contribution is 0.150. The number of anilines is 1. The summed E-state index contributed by atoms with van der Waals surface area (Å²) in [6, 6.07) is 0.479. The average Bonchev–Trinajstić information content (AvgIpc) is 3.15. The molecule has 0 aliphatic carbocycles. The Hall–Kier alpha value is -1.34. The van der Waals surface area contributed by atoms with E-state index >= 15 is 0 Å². The Morgan fingerprint density at radius 3 is 2.62 bits per heavy atom. The van der Waals surface area contributed by atoms with Gasteiger partial charge in [-0.25, -0.2) is 4.98 Å². The first kappa shape index (κ1) is 17.5. The van der Waals surface area contributed by atoms with Gasteiger partial charge in [-0.3, -0.25) is 9.89 Å². The smallest absolute Gasteiger partial charge is 0.191 e. The van der Waals surface area contributed by atoms with E-state index in [2.05, 4.69) is 38.5 Å². The highest BCUT2D eigenvalue weighted by Gasteiger charge is 2.22. The number of hydrogen-bond acceptors (Lipinski definition) is 5. The predicted molar refractivity (Wildman–Crippen MR) is 102 cm³/mol. The van der Waals surface area contributed by atoms with Crippen molar-refractivity contribution >= 4 is 22.4 Å². The van der Waals surface area contributed by atoms with Crippen LogP contribution in [0, 0.1) is 5.92 Å². The van der Waals surface area contributed by atoms with Crippen LogP contribution in [0.15, 0.2) is 16.6 Å². The average molecular weight is 351 g/mol. The fraction of sp³-hybridized carbons (Fsp3) is 0.765. The molecular weight excluding hydrogens is 320 g/mol. The minimum absolute atomic E-state index is 0.479. The number of rotatable bonds is 4. The van der Waals surface area contributed by atoms with Crippen molar-refractivity contribution in [2.24, 2.45) is 16.6 Å². The topological polar surface area (TPSA) is 61.0 Å². The molecule has 2 saturated heterocycles. The zero-order valence-corrected chi connectivity index (χ0v) is 15.7. The maximum absolute atomic E-state index is 6.24. The number of thiazole rings is 1. The zero-order chi connectivity index (χ0) is 16.9. The SMILES string of the molecule is CC1CCN(C(C)CN=C(N)N2CCN(c3nccs3)CC2)CC1. The molecule has 1 aromatic rings. The van der Waals surface area contributed by atoms with E-state index in [0.29, 0.717) is 12.0 Å². The number of guanidine groups is 1. The Bertz CT molecular complexity index is 515. The molecule has 0 bridgehead atoms. The second-order valence-electron chi connectivity index (χ2n) is 7.06. The second kappa shape index (κ2) is 8.16. The summed E-state index contributed by atoms with van der Waals surface area (Å²) >= 11 is 1.70. The highest BCUT2D eigenvalue weighted by atomic mass is 32.1. The largest absolute Gasteiger partial charge is 0.370 e. The van der Waals surface area contributed by atoms with Crippen molar-refractivity contribution < 1.29 is 0 Å². The van der Waals surface area contributed by atoms with E-state index in [1.807, 2.05) is 11.6 Å². The third-order valence-electron chi connectivity index (χ3n) is 5.25. The third-order valence-corrected chi connectivity index (χ3v) is 6.08. The molecule has 0 amide bonds. The van der Waals surface area contributed by atoms with Gasteiger partial charge < -0.3 is 15.5 Å². The molecular formula is C17H30N6S. The molecule has 3 rings (SSSR count). The molecule has 1 unspecified atom stereocenters. The van der Waals surface area contributed by atoms with Crippen molar-refractivity contribution in [2.75, 3.05) is 50.7 Å². The summed E-state index contributed by atoms with van der Waals surface area (Å²) in [7, 11) is 0. The number of aliphatic imine (C=N–C) groups is 1. The van der Waals surface area contributed by atoms with Crippen molar-refractivity contribution in [2.45, 2.75) is 32.7 Å². The molecule has 0 radical (unpaired) electrons. The second-order valence-corrected chi connectivity index (χ2v) is 7.93. The van der Waals surface area contributed by atoms with Gasteiger partial charge in [0, 0.05) is 43.8 Å². The van der Waals surface area contributed by atoms with Crippen molar-refractivity contribution in [1.29, 1.82) is 0 Å². The summed E-state index contributed by atoms with van der Waals surface area (Å²) < 4.78 is 0. The zero-order valence-electron chi connectivity index (χ0n) is 14.9. The summed E-state index contributed by atoms with van der Waals surface area (Å²) in [5, 5.41) is 3.14. The van der Waals surface area contributed by atoms with Crippen molar-refractivity contribution in [3.05, 3.63) is 11.6 Å². The van der Waals surface area contributed by atoms with Crippen LogP contribution in [0.5, 0.6) is 0 Å². The van der Waals surface area contributed by atoms with Crippen LogP contribution in [0.3, 0.4) is 0 Å². The fourth-order valence-electron chi connectivity index (χ4n) is 3.41. The molecule has 2 aliphatic heterocycles. The van der Waals surface area contributed by atoms with E-state index in [4.69, 9.17) is 5.73 Å². The standard InChI is InChI=1S/C17H30N6S/c1-14-3-6-21(7-4-14)15(2)13-20-16(18)22-8-10-23(11-9-22)17-19-5-12-24-17/h5,12,14-15H,3-4,6-11,13H2,1-2H3,(H2,18,20). The van der Waals surface area contributed by atoms with Gasteiger partial charge in [0.15, 0.2) is 11.1 Å². The Morgan fingerprint density at radius 1 is 1.29 bits per heavy atom. The molecule has 134 valence electrons. The van der Waals surface area contributed by atoms with Crippen molar-refractivity contribution in [3.8, 4) is 0 Å². The van der Waals surface area contributed by atoms with E-state index in [9.17, 15) is 0 Å². The summed E-state index contributed by atoms with van der Waals surface area (Å²) in [5.41, 5.74) is 6.24. The number of nitrogens with zero attached hydrogens (tertiary/aromatic N) is 5. The van der Waals surface area contributed by atoms with Crippen LogP contribution in [-0.4, -0.2) is 72.6 Å². The molecule has 1 atom stereocenters. The van der Waals surface area contributed by atoms with Gasteiger partial charge in [-0.1, -0.05) is 6.92 Å². The normalized spacial score (nSPS) is 22.8. The maximum Gasteiger partial charge on any atom is 0.191 e. The van der Waals surface area contributed by atoms with Gasteiger partial charge >= 0.3 is 0 Å². The first-order valence-electron chi connectivity index (χ1n) is 9.07. The molecule has 0 spiro atoms. The summed E-state index contributed by atoms with van der Waals surface area (Å²) in [5.74, 6) is 1.57.